The summed E-state index contributed by atoms with van der Waals surface area (Å²) in [6.45, 7) is 6.50. The van der Waals surface area contributed by atoms with Crippen molar-refractivity contribution in [1.29, 1.82) is 0 Å². The van der Waals surface area contributed by atoms with Gasteiger partial charge in [-0.3, -0.25) is 4.99 Å². The van der Waals surface area contributed by atoms with Crippen molar-refractivity contribution in [1.82, 2.24) is 10.6 Å². The molecule has 1 aliphatic rings. The van der Waals surface area contributed by atoms with E-state index in [1.165, 1.54) is 18.4 Å². The molecule has 2 N–H and O–H groups in total. The zero-order chi connectivity index (χ0) is 20.6. The molecule has 1 aromatic rings. The summed E-state index contributed by atoms with van der Waals surface area (Å²) in [5.41, 5.74) is 0.881. The molecule has 0 spiro atoms. The number of halogens is 1. The molecule has 0 radical (unpaired) electrons. The van der Waals surface area contributed by atoms with Crippen LogP contribution in [-0.4, -0.2) is 58.7 Å². The molecule has 0 saturated carbocycles. The van der Waals surface area contributed by atoms with Crippen LogP contribution < -0.4 is 10.6 Å². The van der Waals surface area contributed by atoms with Crippen LogP contribution in [0.15, 0.2) is 29.3 Å². The summed E-state index contributed by atoms with van der Waals surface area (Å²) >= 11 is 0. The monoisotopic (exact) mass is 413 g/mol. The van der Waals surface area contributed by atoms with Crippen LogP contribution >= 0.6 is 0 Å². The standard InChI is InChI=1S/C20H32FN3O3S/c1-4-22-19(24-16(2)9-14-28(3,25)26)23-15-20(10-12-27-13-11-20)17-5-7-18(21)8-6-17/h5-8,16H,4,9-15H2,1-3H3,(H2,22,23,24). The first-order valence-electron chi connectivity index (χ1n) is 9.80. The van der Waals surface area contributed by atoms with Gasteiger partial charge in [-0.05, 0) is 50.8 Å². The molecular weight excluding hydrogens is 381 g/mol. The van der Waals surface area contributed by atoms with Crippen molar-refractivity contribution in [2.45, 2.75) is 44.6 Å². The van der Waals surface area contributed by atoms with E-state index in [1.807, 2.05) is 26.0 Å². The van der Waals surface area contributed by atoms with Crippen molar-refractivity contribution in [2.75, 3.05) is 38.3 Å². The zero-order valence-electron chi connectivity index (χ0n) is 17.0. The topological polar surface area (TPSA) is 79.8 Å². The third-order valence-corrected chi connectivity index (χ3v) is 6.07. The number of benzene rings is 1. The molecule has 8 heteroatoms. The first-order valence-corrected chi connectivity index (χ1v) is 11.9. The normalized spacial score (nSPS) is 18.5. The summed E-state index contributed by atoms with van der Waals surface area (Å²) in [6.07, 6.45) is 3.41. The van der Waals surface area contributed by atoms with Gasteiger partial charge in [0.05, 0.1) is 12.3 Å². The molecule has 0 aromatic heterocycles. The molecule has 28 heavy (non-hydrogen) atoms. The number of sulfone groups is 1. The average Bonchev–Trinajstić information content (AvgIpc) is 2.65. The molecule has 1 heterocycles. The van der Waals surface area contributed by atoms with Gasteiger partial charge in [-0.25, -0.2) is 12.8 Å². The first kappa shape index (κ1) is 22.6. The predicted molar refractivity (Wildman–Crippen MR) is 111 cm³/mol. The number of guanidine groups is 1. The second-order valence-corrected chi connectivity index (χ2v) is 9.82. The van der Waals surface area contributed by atoms with Gasteiger partial charge in [0.1, 0.15) is 15.7 Å². The van der Waals surface area contributed by atoms with Gasteiger partial charge in [-0.2, -0.15) is 0 Å². The van der Waals surface area contributed by atoms with Gasteiger partial charge < -0.3 is 15.4 Å². The smallest absolute Gasteiger partial charge is 0.191 e. The van der Waals surface area contributed by atoms with Crippen molar-refractivity contribution in [3.05, 3.63) is 35.6 Å². The summed E-state index contributed by atoms with van der Waals surface area (Å²) in [4.78, 5) is 4.79. The van der Waals surface area contributed by atoms with E-state index in [1.54, 1.807) is 0 Å². The number of ether oxygens (including phenoxy) is 1. The van der Waals surface area contributed by atoms with Crippen LogP contribution in [0.1, 0.15) is 38.7 Å². The Bertz CT molecular complexity index is 744. The number of hydrogen-bond donors (Lipinski definition) is 2. The average molecular weight is 414 g/mol. The van der Waals surface area contributed by atoms with Crippen LogP contribution in [0.5, 0.6) is 0 Å². The Morgan fingerprint density at radius 1 is 1.29 bits per heavy atom. The van der Waals surface area contributed by atoms with Crippen molar-refractivity contribution in [3.63, 3.8) is 0 Å². The van der Waals surface area contributed by atoms with Crippen LogP contribution in [-0.2, 0) is 20.0 Å². The highest BCUT2D eigenvalue weighted by molar-refractivity contribution is 7.90. The van der Waals surface area contributed by atoms with E-state index in [9.17, 15) is 12.8 Å². The molecule has 1 unspecified atom stereocenters. The summed E-state index contributed by atoms with van der Waals surface area (Å²) in [7, 11) is -2.99. The van der Waals surface area contributed by atoms with Gasteiger partial charge >= 0.3 is 0 Å². The fraction of sp³-hybridized carbons (Fsp3) is 0.650. The van der Waals surface area contributed by atoms with Crippen LogP contribution in [0.2, 0.25) is 0 Å². The number of rotatable bonds is 8. The van der Waals surface area contributed by atoms with E-state index < -0.39 is 9.84 Å². The van der Waals surface area contributed by atoms with E-state index in [2.05, 4.69) is 10.6 Å². The zero-order valence-corrected chi connectivity index (χ0v) is 17.8. The quantitative estimate of drug-likeness (QED) is 0.505. The van der Waals surface area contributed by atoms with E-state index in [0.29, 0.717) is 38.7 Å². The molecule has 1 fully saturated rings. The van der Waals surface area contributed by atoms with Gasteiger partial charge in [0.25, 0.3) is 0 Å². The van der Waals surface area contributed by atoms with Crippen molar-refractivity contribution in [3.8, 4) is 0 Å². The Morgan fingerprint density at radius 2 is 1.93 bits per heavy atom. The predicted octanol–water partition coefficient (Wildman–Crippen LogP) is 2.25. The van der Waals surface area contributed by atoms with E-state index in [4.69, 9.17) is 9.73 Å². The third-order valence-electron chi connectivity index (χ3n) is 5.10. The summed E-state index contributed by atoms with van der Waals surface area (Å²) in [5, 5.41) is 6.52. The molecule has 1 aliphatic heterocycles. The fourth-order valence-corrected chi connectivity index (χ4v) is 4.13. The highest BCUT2D eigenvalue weighted by Crippen LogP contribution is 2.35. The Balaban J connectivity index is 2.13. The molecule has 1 aromatic carbocycles. The largest absolute Gasteiger partial charge is 0.381 e. The van der Waals surface area contributed by atoms with Crippen molar-refractivity contribution >= 4 is 15.8 Å². The summed E-state index contributed by atoms with van der Waals surface area (Å²) in [5.74, 6) is 0.554. The number of aliphatic imine (C=N–C) groups is 1. The highest BCUT2D eigenvalue weighted by atomic mass is 32.2. The third kappa shape index (κ3) is 7.05. The highest BCUT2D eigenvalue weighted by Gasteiger charge is 2.34. The van der Waals surface area contributed by atoms with Gasteiger partial charge in [-0.1, -0.05) is 12.1 Å². The Kier molecular flexibility index (Phi) is 8.24. The van der Waals surface area contributed by atoms with E-state index >= 15 is 0 Å². The molecule has 2 rings (SSSR count). The minimum absolute atomic E-state index is 0.0241. The Morgan fingerprint density at radius 3 is 2.50 bits per heavy atom. The van der Waals surface area contributed by atoms with Gasteiger partial charge in [0.15, 0.2) is 5.96 Å². The van der Waals surface area contributed by atoms with Gasteiger partial charge in [0, 0.05) is 37.5 Å². The van der Waals surface area contributed by atoms with Crippen LogP contribution in [0, 0.1) is 5.82 Å². The summed E-state index contributed by atoms with van der Waals surface area (Å²) in [6, 6.07) is 6.64. The lowest BCUT2D eigenvalue weighted by atomic mass is 9.74. The first-order chi connectivity index (χ1) is 13.2. The maximum absolute atomic E-state index is 13.4. The second kappa shape index (κ2) is 10.2. The lowest BCUT2D eigenvalue weighted by Gasteiger charge is -2.36. The molecule has 6 nitrogen and oxygen atoms in total. The second-order valence-electron chi connectivity index (χ2n) is 7.56. The van der Waals surface area contributed by atoms with Crippen LogP contribution in [0.3, 0.4) is 0 Å². The molecule has 0 bridgehead atoms. The lowest BCUT2D eigenvalue weighted by molar-refractivity contribution is 0.0530. The number of nitrogens with one attached hydrogen (secondary N) is 2. The van der Waals surface area contributed by atoms with Crippen LogP contribution in [0.4, 0.5) is 4.39 Å². The minimum Gasteiger partial charge on any atom is -0.381 e. The maximum Gasteiger partial charge on any atom is 0.191 e. The van der Waals surface area contributed by atoms with Gasteiger partial charge in [-0.15, -0.1) is 0 Å². The Labute approximate surface area is 167 Å². The fourth-order valence-electron chi connectivity index (χ4n) is 3.35. The Hall–Kier alpha value is -1.67. The van der Waals surface area contributed by atoms with Crippen LogP contribution in [0.25, 0.3) is 0 Å². The molecule has 158 valence electrons. The molecule has 0 amide bonds. The summed E-state index contributed by atoms with van der Waals surface area (Å²) < 4.78 is 41.7. The molecule has 1 atom stereocenters. The number of nitrogens with zero attached hydrogens (tertiary/aromatic N) is 1. The number of hydrogen-bond acceptors (Lipinski definition) is 4. The minimum atomic E-state index is -2.99. The van der Waals surface area contributed by atoms with Crippen molar-refractivity contribution < 1.29 is 17.5 Å². The maximum atomic E-state index is 13.4. The molecule has 1 saturated heterocycles. The van der Waals surface area contributed by atoms with Gasteiger partial charge in [0.2, 0.25) is 0 Å². The van der Waals surface area contributed by atoms with E-state index in [-0.39, 0.29) is 23.0 Å². The van der Waals surface area contributed by atoms with E-state index in [0.717, 1.165) is 18.4 Å². The SMILES string of the molecule is CCNC(=NCC1(c2ccc(F)cc2)CCOCC1)NC(C)CCS(C)(=O)=O. The lowest BCUT2D eigenvalue weighted by Crippen LogP contribution is -2.44. The van der Waals surface area contributed by atoms with Crippen molar-refractivity contribution in [2.24, 2.45) is 4.99 Å². The molecule has 0 aliphatic carbocycles. The molecular formula is C20H32FN3O3S.